The van der Waals surface area contributed by atoms with E-state index in [4.69, 9.17) is 4.74 Å². The number of phenols is 1. The molecule has 1 aliphatic rings. The summed E-state index contributed by atoms with van der Waals surface area (Å²) in [5, 5.41) is 11.1. The number of hydrogen-bond acceptors (Lipinski definition) is 4. The van der Waals surface area contributed by atoms with Gasteiger partial charge in [0.25, 0.3) is 5.56 Å². The van der Waals surface area contributed by atoms with Gasteiger partial charge in [0, 0.05) is 26.2 Å². The summed E-state index contributed by atoms with van der Waals surface area (Å²) >= 11 is 0. The smallest absolute Gasteiger partial charge is 0.331 e. The Morgan fingerprint density at radius 1 is 1.03 bits per heavy atom. The van der Waals surface area contributed by atoms with Gasteiger partial charge in [0.05, 0.1) is 28.9 Å². The molecule has 158 valence electrons. The van der Waals surface area contributed by atoms with Crippen LogP contribution in [0.15, 0.2) is 58.1 Å². The summed E-state index contributed by atoms with van der Waals surface area (Å²) in [6, 6.07) is 15.1. The van der Waals surface area contributed by atoms with Gasteiger partial charge in [-0.3, -0.25) is 13.9 Å². The van der Waals surface area contributed by atoms with Gasteiger partial charge < -0.3 is 14.4 Å². The molecule has 7 heteroatoms. The van der Waals surface area contributed by atoms with Crippen LogP contribution >= 0.6 is 0 Å². The zero-order chi connectivity index (χ0) is 21.9. The van der Waals surface area contributed by atoms with Crippen molar-refractivity contribution in [2.75, 3.05) is 6.61 Å². The van der Waals surface area contributed by atoms with Crippen molar-refractivity contribution >= 4 is 10.9 Å². The molecule has 31 heavy (non-hydrogen) atoms. The Bertz CT molecular complexity index is 1440. The Kier molecular flexibility index (Phi) is 4.37. The predicted octanol–water partition coefficient (Wildman–Crippen LogP) is 2.84. The molecule has 2 aromatic carbocycles. The second-order valence-electron chi connectivity index (χ2n) is 7.99. The number of hydrogen-bond donors (Lipinski definition) is 1. The zero-order valence-electron chi connectivity index (χ0n) is 17.6. The van der Waals surface area contributed by atoms with Crippen LogP contribution in [0.3, 0.4) is 0 Å². The van der Waals surface area contributed by atoms with Gasteiger partial charge >= 0.3 is 5.69 Å². The largest absolute Gasteiger partial charge is 0.508 e. The van der Waals surface area contributed by atoms with Crippen LogP contribution in [0, 0.1) is 6.92 Å². The van der Waals surface area contributed by atoms with Gasteiger partial charge in [0.2, 0.25) is 0 Å². The summed E-state index contributed by atoms with van der Waals surface area (Å²) in [6.45, 7) is 2.86. The lowest BCUT2D eigenvalue weighted by atomic mass is 10.0. The average Bonchev–Trinajstić information content (AvgIpc) is 3.12. The fourth-order valence-corrected chi connectivity index (χ4v) is 4.59. The number of rotatable bonds is 2. The fourth-order valence-electron chi connectivity index (χ4n) is 4.59. The maximum absolute atomic E-state index is 13.3. The summed E-state index contributed by atoms with van der Waals surface area (Å²) in [5.41, 5.74) is 3.70. The van der Waals surface area contributed by atoms with E-state index < -0.39 is 11.8 Å². The van der Waals surface area contributed by atoms with Crippen LogP contribution in [0.25, 0.3) is 22.2 Å². The Morgan fingerprint density at radius 3 is 2.48 bits per heavy atom. The molecule has 0 amide bonds. The lowest BCUT2D eigenvalue weighted by molar-refractivity contribution is 0.0464. The Balaban J connectivity index is 1.95. The highest BCUT2D eigenvalue weighted by Gasteiger charge is 2.34. The van der Waals surface area contributed by atoms with E-state index in [9.17, 15) is 14.7 Å². The third kappa shape index (κ3) is 2.77. The maximum Gasteiger partial charge on any atom is 0.331 e. The van der Waals surface area contributed by atoms with E-state index in [1.807, 2.05) is 49.4 Å². The molecule has 4 aromatic rings. The monoisotopic (exact) mass is 417 g/mol. The van der Waals surface area contributed by atoms with Crippen molar-refractivity contribution in [3.05, 3.63) is 86.2 Å². The molecule has 5 rings (SSSR count). The number of aryl methyl sites for hydroxylation is 2. The first kappa shape index (κ1) is 19.4. The first-order valence-corrected chi connectivity index (χ1v) is 10.2. The van der Waals surface area contributed by atoms with E-state index in [-0.39, 0.29) is 11.3 Å². The molecule has 1 atom stereocenters. The van der Waals surface area contributed by atoms with Crippen LogP contribution in [0.4, 0.5) is 0 Å². The van der Waals surface area contributed by atoms with Crippen molar-refractivity contribution in [2.24, 2.45) is 14.1 Å². The molecule has 1 aliphatic heterocycles. The highest BCUT2D eigenvalue weighted by Crippen LogP contribution is 2.42. The molecule has 0 bridgehead atoms. The molecule has 1 N–H and O–H groups in total. The third-order valence-electron chi connectivity index (χ3n) is 6.07. The van der Waals surface area contributed by atoms with Gasteiger partial charge in [-0.25, -0.2) is 4.79 Å². The summed E-state index contributed by atoms with van der Waals surface area (Å²) in [5.74, 6) is 0.128. The van der Waals surface area contributed by atoms with E-state index in [0.717, 1.165) is 21.4 Å². The quantitative estimate of drug-likeness (QED) is 0.544. The van der Waals surface area contributed by atoms with Crippen LogP contribution in [-0.4, -0.2) is 25.4 Å². The minimum Gasteiger partial charge on any atom is -0.508 e. The first-order chi connectivity index (χ1) is 14.9. The standard InChI is InChI=1S/C24H23N3O4/c1-14-9-10-16(17(28)13-14)22-21-20-18(23(29)26(3)24(30)25(20)2)19(27(21)11-12-31-22)15-7-5-4-6-8-15/h4-10,13,22,28H,11-12H2,1-3H3/t22-/m0/s1. The van der Waals surface area contributed by atoms with E-state index in [1.165, 1.54) is 11.6 Å². The van der Waals surface area contributed by atoms with Gasteiger partial charge in [0.1, 0.15) is 11.9 Å². The van der Waals surface area contributed by atoms with Crippen molar-refractivity contribution in [3.63, 3.8) is 0 Å². The average molecular weight is 417 g/mol. The summed E-state index contributed by atoms with van der Waals surface area (Å²) < 4.78 is 10.8. The molecular weight excluding hydrogens is 394 g/mol. The van der Waals surface area contributed by atoms with Gasteiger partial charge in [-0.05, 0) is 24.1 Å². The van der Waals surface area contributed by atoms with Crippen LogP contribution in [0.5, 0.6) is 5.75 Å². The van der Waals surface area contributed by atoms with Crippen molar-refractivity contribution in [3.8, 4) is 17.0 Å². The number of phenolic OH excluding ortho intramolecular Hbond substituents is 1. The number of benzene rings is 2. The highest BCUT2D eigenvalue weighted by molar-refractivity contribution is 5.96. The number of nitrogens with zero attached hydrogens (tertiary/aromatic N) is 3. The van der Waals surface area contributed by atoms with Crippen molar-refractivity contribution in [2.45, 2.75) is 19.6 Å². The van der Waals surface area contributed by atoms with E-state index in [1.54, 1.807) is 13.1 Å². The molecule has 0 saturated carbocycles. The van der Waals surface area contributed by atoms with Crippen LogP contribution in [0.2, 0.25) is 0 Å². The molecule has 2 aromatic heterocycles. The minimum atomic E-state index is -0.605. The van der Waals surface area contributed by atoms with Crippen molar-refractivity contribution < 1.29 is 9.84 Å². The maximum atomic E-state index is 13.3. The van der Waals surface area contributed by atoms with Crippen molar-refractivity contribution in [1.82, 2.24) is 13.7 Å². The van der Waals surface area contributed by atoms with E-state index >= 15 is 0 Å². The number of aromatic hydroxyl groups is 1. The zero-order valence-corrected chi connectivity index (χ0v) is 17.6. The fraction of sp³-hybridized carbons (Fsp3) is 0.250. The summed E-state index contributed by atoms with van der Waals surface area (Å²) in [7, 11) is 3.16. The minimum absolute atomic E-state index is 0.128. The Labute approximate surface area is 178 Å². The molecular formula is C24H23N3O4. The number of fused-ring (bicyclic) bond motifs is 3. The first-order valence-electron chi connectivity index (χ1n) is 10.2. The van der Waals surface area contributed by atoms with Crippen LogP contribution in [0.1, 0.15) is 22.9 Å². The van der Waals surface area contributed by atoms with Gasteiger partial charge in [-0.2, -0.15) is 0 Å². The highest BCUT2D eigenvalue weighted by atomic mass is 16.5. The molecule has 7 nitrogen and oxygen atoms in total. The van der Waals surface area contributed by atoms with Gasteiger partial charge in [-0.1, -0.05) is 42.5 Å². The third-order valence-corrected chi connectivity index (χ3v) is 6.07. The molecule has 0 radical (unpaired) electrons. The topological polar surface area (TPSA) is 78.4 Å². The Hall–Kier alpha value is -3.58. The van der Waals surface area contributed by atoms with Gasteiger partial charge in [-0.15, -0.1) is 0 Å². The predicted molar refractivity (Wildman–Crippen MR) is 118 cm³/mol. The molecule has 0 fully saturated rings. The molecule has 3 heterocycles. The van der Waals surface area contributed by atoms with E-state index in [2.05, 4.69) is 4.57 Å². The molecule has 0 unspecified atom stereocenters. The molecule has 0 saturated heterocycles. The second kappa shape index (κ2) is 6.99. The van der Waals surface area contributed by atoms with Crippen molar-refractivity contribution in [1.29, 1.82) is 0 Å². The lowest BCUT2D eigenvalue weighted by Crippen LogP contribution is -2.37. The summed E-state index contributed by atoms with van der Waals surface area (Å²) in [4.78, 5) is 26.1. The number of aromatic nitrogens is 3. The molecule has 0 aliphatic carbocycles. The SMILES string of the molecule is Cc1ccc([C@@H]2OCCn3c(-c4ccccc4)c4c(=O)n(C)c(=O)n(C)c4c32)c(O)c1. The van der Waals surface area contributed by atoms with Gasteiger partial charge in [0.15, 0.2) is 0 Å². The number of ether oxygens (including phenoxy) is 1. The second-order valence-corrected chi connectivity index (χ2v) is 7.99. The lowest BCUT2D eigenvalue weighted by Gasteiger charge is -2.28. The summed E-state index contributed by atoms with van der Waals surface area (Å²) in [6.07, 6.45) is -0.605. The van der Waals surface area contributed by atoms with Crippen LogP contribution < -0.4 is 11.2 Å². The Morgan fingerprint density at radius 2 is 1.77 bits per heavy atom. The van der Waals surface area contributed by atoms with Crippen LogP contribution in [-0.2, 0) is 25.4 Å². The molecule has 0 spiro atoms. The normalized spacial score (nSPS) is 15.9. The van der Waals surface area contributed by atoms with E-state index in [0.29, 0.717) is 35.3 Å².